The van der Waals surface area contributed by atoms with E-state index in [-0.39, 0.29) is 29.6 Å². The molecular formula is C42H58ClN3O7S. The van der Waals surface area contributed by atoms with Gasteiger partial charge in [0.25, 0.3) is 5.91 Å². The van der Waals surface area contributed by atoms with Crippen molar-refractivity contribution in [3.63, 3.8) is 0 Å². The van der Waals surface area contributed by atoms with Crippen LogP contribution < -0.4 is 14.4 Å². The van der Waals surface area contributed by atoms with Gasteiger partial charge in [-0.1, -0.05) is 51.3 Å². The van der Waals surface area contributed by atoms with E-state index in [0.717, 1.165) is 88.5 Å². The number of halogens is 1. The Bertz CT molecular complexity index is 1810. The van der Waals surface area contributed by atoms with Gasteiger partial charge in [-0.25, -0.2) is 13.1 Å². The van der Waals surface area contributed by atoms with Crippen LogP contribution >= 0.6 is 11.6 Å². The van der Waals surface area contributed by atoms with Crippen LogP contribution in [-0.2, 0) is 36.1 Å². The molecule has 5 aliphatic heterocycles. The van der Waals surface area contributed by atoms with E-state index in [1.165, 1.54) is 11.1 Å². The lowest BCUT2D eigenvalue weighted by atomic mass is 9.65. The number of sulfonamides is 1. The molecule has 54 heavy (non-hydrogen) atoms. The van der Waals surface area contributed by atoms with Gasteiger partial charge in [0, 0.05) is 53.5 Å². The van der Waals surface area contributed by atoms with Gasteiger partial charge in [-0.2, -0.15) is 0 Å². The molecule has 0 radical (unpaired) electrons. The van der Waals surface area contributed by atoms with E-state index in [1.807, 2.05) is 25.1 Å². The molecule has 6 unspecified atom stereocenters. The summed E-state index contributed by atoms with van der Waals surface area (Å²) in [5.74, 6) is 0.947. The fourth-order valence-corrected chi connectivity index (χ4v) is 11.6. The van der Waals surface area contributed by atoms with Crippen LogP contribution in [0.5, 0.6) is 5.75 Å². The predicted molar refractivity (Wildman–Crippen MR) is 210 cm³/mol. The standard InChI is InChI=1S/C42H58ClN3O7S/c1-5-7-29-16-32(43)12-14-36(29)41(4)21-45-18-31-10-13-34(31)35(40-51-19-33(20-52-40)46-22-42(23-46)25-50-26-42)9-6-8-27(2)28(3)54(48,49)44-39(47)30-11-15-38(53-24-41)37(45)17-30/h11-12,14-17,27-28,31,33-35,40H,5-10,13,18-26H2,1-4H3,(H,44,47). The van der Waals surface area contributed by atoms with Crippen LogP contribution in [0.1, 0.15) is 87.7 Å². The molecule has 2 bridgehead atoms. The highest BCUT2D eigenvalue weighted by molar-refractivity contribution is 7.90. The molecule has 1 N–H and O–H groups in total. The predicted octanol–water partition coefficient (Wildman–Crippen LogP) is 6.43. The summed E-state index contributed by atoms with van der Waals surface area (Å²) >= 11 is 6.53. The van der Waals surface area contributed by atoms with Gasteiger partial charge in [-0.3, -0.25) is 9.69 Å². The smallest absolute Gasteiger partial charge is 0.264 e. The molecule has 1 aliphatic carbocycles. The summed E-state index contributed by atoms with van der Waals surface area (Å²) in [6, 6.07) is 11.8. The molecule has 10 nitrogen and oxygen atoms in total. The lowest BCUT2D eigenvalue weighted by Crippen LogP contribution is -2.70. The van der Waals surface area contributed by atoms with E-state index in [4.69, 9.17) is 30.5 Å². The number of hydrogen-bond acceptors (Lipinski definition) is 9. The molecular weight excluding hydrogens is 726 g/mol. The molecule has 4 fully saturated rings. The summed E-state index contributed by atoms with van der Waals surface area (Å²) in [5, 5.41) is -0.00215. The molecule has 12 heteroatoms. The van der Waals surface area contributed by atoms with Crippen LogP contribution in [0.25, 0.3) is 0 Å². The number of ether oxygens (including phenoxy) is 4. The van der Waals surface area contributed by atoms with E-state index in [9.17, 15) is 13.2 Å². The van der Waals surface area contributed by atoms with E-state index >= 15 is 0 Å². The normalized spacial score (nSPS) is 35.3. The van der Waals surface area contributed by atoms with E-state index in [0.29, 0.717) is 54.9 Å². The van der Waals surface area contributed by atoms with E-state index < -0.39 is 21.2 Å². The van der Waals surface area contributed by atoms with E-state index in [1.54, 1.807) is 13.0 Å². The Morgan fingerprint density at radius 1 is 0.944 bits per heavy atom. The highest BCUT2D eigenvalue weighted by Crippen LogP contribution is 2.48. The number of anilines is 1. The molecule has 6 atom stereocenters. The number of fused-ring (bicyclic) bond motifs is 2. The number of likely N-dealkylation sites (tertiary alicyclic amines) is 1. The minimum Gasteiger partial charge on any atom is -0.490 e. The Balaban J connectivity index is 1.10. The van der Waals surface area contributed by atoms with Gasteiger partial charge in [0.2, 0.25) is 10.0 Å². The second-order valence-electron chi connectivity index (χ2n) is 17.8. The molecule has 1 spiro atoms. The Morgan fingerprint density at radius 3 is 2.41 bits per heavy atom. The highest BCUT2D eigenvalue weighted by Gasteiger charge is 2.52. The van der Waals surface area contributed by atoms with Crippen molar-refractivity contribution in [3.05, 3.63) is 58.1 Å². The molecule has 296 valence electrons. The van der Waals surface area contributed by atoms with Gasteiger partial charge in [0.1, 0.15) is 5.75 Å². The van der Waals surface area contributed by atoms with Gasteiger partial charge < -0.3 is 23.8 Å². The Kier molecular flexibility index (Phi) is 10.8. The number of aryl methyl sites for hydroxylation is 1. The SMILES string of the molecule is CCCc1cc(Cl)ccc1C1(C)COc2ccc3cc2N(CC2CCC2C(C2OCC(N4CC5(COC5)C4)CO2)CCCC(C)C(C)S(=O)(=O)NC3=O)C1. The summed E-state index contributed by atoms with van der Waals surface area (Å²) in [6.45, 7) is 15.2. The Morgan fingerprint density at radius 2 is 1.72 bits per heavy atom. The fraction of sp³-hybridized carbons (Fsp3) is 0.690. The largest absolute Gasteiger partial charge is 0.490 e. The number of benzene rings is 2. The number of carbonyl (C=O) groups is 1. The Hall–Kier alpha value is -2.41. The highest BCUT2D eigenvalue weighted by atomic mass is 35.5. The summed E-state index contributed by atoms with van der Waals surface area (Å²) in [5.41, 5.74) is 3.55. The minimum atomic E-state index is -3.92. The minimum absolute atomic E-state index is 0.132. The zero-order valence-corrected chi connectivity index (χ0v) is 33.9. The van der Waals surface area contributed by atoms with Crippen molar-refractivity contribution in [2.45, 2.75) is 95.6 Å². The van der Waals surface area contributed by atoms with Crippen molar-refractivity contribution in [2.75, 3.05) is 64.1 Å². The van der Waals surface area contributed by atoms with Gasteiger partial charge in [0.15, 0.2) is 6.29 Å². The second-order valence-corrected chi connectivity index (χ2v) is 20.3. The van der Waals surface area contributed by atoms with Gasteiger partial charge >= 0.3 is 0 Å². The molecule has 3 saturated heterocycles. The first kappa shape index (κ1) is 38.5. The van der Waals surface area contributed by atoms with Crippen LogP contribution in [0, 0.1) is 29.1 Å². The van der Waals surface area contributed by atoms with Crippen LogP contribution in [-0.4, -0.2) is 96.0 Å². The van der Waals surface area contributed by atoms with Crippen molar-refractivity contribution >= 4 is 33.2 Å². The maximum absolute atomic E-state index is 13.6. The Labute approximate surface area is 326 Å². The third-order valence-electron chi connectivity index (χ3n) is 13.8. The first-order valence-corrected chi connectivity index (χ1v) is 22.2. The first-order valence-electron chi connectivity index (χ1n) is 20.3. The van der Waals surface area contributed by atoms with Crippen LogP contribution in [0.15, 0.2) is 36.4 Å². The lowest BCUT2D eigenvalue weighted by Gasteiger charge is -2.58. The number of nitrogens with zero attached hydrogens (tertiary/aromatic N) is 2. The van der Waals surface area contributed by atoms with Crippen molar-refractivity contribution < 1.29 is 32.2 Å². The monoisotopic (exact) mass is 783 g/mol. The maximum atomic E-state index is 13.6. The van der Waals surface area contributed by atoms with Crippen molar-refractivity contribution in [2.24, 2.45) is 29.1 Å². The van der Waals surface area contributed by atoms with Crippen molar-refractivity contribution in [1.29, 1.82) is 0 Å². The maximum Gasteiger partial charge on any atom is 0.264 e. The number of carbonyl (C=O) groups excluding carboxylic acids is 1. The molecule has 1 amide bonds. The molecule has 2 aromatic carbocycles. The van der Waals surface area contributed by atoms with Crippen LogP contribution in [0.3, 0.4) is 0 Å². The third-order valence-corrected chi connectivity index (χ3v) is 15.9. The average molecular weight is 784 g/mol. The molecule has 5 heterocycles. The quantitative estimate of drug-likeness (QED) is 0.367. The summed E-state index contributed by atoms with van der Waals surface area (Å²) < 4.78 is 55.0. The number of rotatable bonds is 5. The first-order chi connectivity index (χ1) is 25.9. The number of amides is 1. The van der Waals surface area contributed by atoms with E-state index in [2.05, 4.69) is 40.5 Å². The van der Waals surface area contributed by atoms with Gasteiger partial charge in [0.05, 0.1) is 50.0 Å². The van der Waals surface area contributed by atoms with Gasteiger partial charge in [-0.05, 0) is 98.2 Å². The average Bonchev–Trinajstić information content (AvgIpc) is 3.24. The zero-order chi connectivity index (χ0) is 37.8. The van der Waals surface area contributed by atoms with Gasteiger partial charge in [-0.15, -0.1) is 0 Å². The summed E-state index contributed by atoms with van der Waals surface area (Å²) in [6.07, 6.45) is 6.33. The lowest BCUT2D eigenvalue weighted by molar-refractivity contribution is -0.267. The topological polar surface area (TPSA) is 107 Å². The summed E-state index contributed by atoms with van der Waals surface area (Å²) in [4.78, 5) is 18.5. The molecule has 8 rings (SSSR count). The third kappa shape index (κ3) is 7.42. The zero-order valence-electron chi connectivity index (χ0n) is 32.4. The second kappa shape index (κ2) is 15.2. The summed E-state index contributed by atoms with van der Waals surface area (Å²) in [7, 11) is -3.92. The molecule has 6 aliphatic rings. The van der Waals surface area contributed by atoms with Crippen LogP contribution in [0.2, 0.25) is 5.02 Å². The van der Waals surface area contributed by atoms with Crippen LogP contribution in [0.4, 0.5) is 5.69 Å². The molecule has 2 aromatic rings. The van der Waals surface area contributed by atoms with Crippen molar-refractivity contribution in [1.82, 2.24) is 9.62 Å². The number of nitrogens with one attached hydrogen (secondary N) is 1. The molecule has 0 aromatic heterocycles. The number of hydrogen-bond donors (Lipinski definition) is 1. The molecule has 1 saturated carbocycles. The fourth-order valence-electron chi connectivity index (χ4n) is 10.1. The van der Waals surface area contributed by atoms with Crippen molar-refractivity contribution in [3.8, 4) is 5.75 Å².